The summed E-state index contributed by atoms with van der Waals surface area (Å²) in [6.07, 6.45) is 2.52. The maximum atomic E-state index is 6.10. The number of hydrogen-bond donors (Lipinski definition) is 2. The lowest BCUT2D eigenvalue weighted by Crippen LogP contribution is -2.35. The summed E-state index contributed by atoms with van der Waals surface area (Å²) in [4.78, 5) is 2.35. The monoisotopic (exact) mass is 383 g/mol. The first kappa shape index (κ1) is 19.6. The van der Waals surface area contributed by atoms with E-state index in [1.807, 2.05) is 0 Å². The third-order valence-corrected chi connectivity index (χ3v) is 5.22. The van der Waals surface area contributed by atoms with Gasteiger partial charge in [-0.05, 0) is 75.3 Å². The minimum absolute atomic E-state index is 0.333. The molecule has 0 amide bonds. The van der Waals surface area contributed by atoms with Crippen molar-refractivity contribution in [3.63, 3.8) is 0 Å². The third kappa shape index (κ3) is 5.94. The lowest BCUT2D eigenvalue weighted by molar-refractivity contribution is 0.114. The third-order valence-electron chi connectivity index (χ3n) is 4.97. The molecule has 0 unspecified atom stereocenters. The molecule has 0 saturated carbocycles. The van der Waals surface area contributed by atoms with Gasteiger partial charge >= 0.3 is 0 Å². The Hall–Kier alpha value is -2.11. The van der Waals surface area contributed by atoms with Crippen LogP contribution in [0.3, 0.4) is 0 Å². The zero-order chi connectivity index (χ0) is 19.2. The first-order chi connectivity index (χ1) is 13.0. The Morgan fingerprint density at radius 1 is 1.11 bits per heavy atom. The molecule has 3 rings (SSSR count). The van der Waals surface area contributed by atoms with Crippen LogP contribution in [0.4, 0.5) is 5.69 Å². The van der Waals surface area contributed by atoms with Crippen LogP contribution in [0, 0.1) is 13.8 Å². The van der Waals surface area contributed by atoms with Crippen molar-refractivity contribution in [3.05, 3.63) is 59.2 Å². The topological polar surface area (TPSA) is 36.5 Å². The molecule has 2 aromatic rings. The molecule has 0 spiro atoms. The number of aryl methyl sites for hydroxylation is 2. The number of rotatable bonds is 5. The molecular formula is C22H29N3OS. The number of thiocarbonyl (C=S) groups is 1. The van der Waals surface area contributed by atoms with Gasteiger partial charge in [0.25, 0.3) is 0 Å². The molecule has 5 heteroatoms. The van der Waals surface area contributed by atoms with E-state index in [0.717, 1.165) is 37.4 Å². The summed E-state index contributed by atoms with van der Waals surface area (Å²) in [6, 6.07) is 14.6. The van der Waals surface area contributed by atoms with Crippen molar-refractivity contribution in [2.24, 2.45) is 0 Å². The summed E-state index contributed by atoms with van der Waals surface area (Å²) in [5, 5.41) is 7.17. The summed E-state index contributed by atoms with van der Waals surface area (Å²) < 4.78 is 6.10. The van der Waals surface area contributed by atoms with Crippen LogP contribution in [0.2, 0.25) is 0 Å². The van der Waals surface area contributed by atoms with Crippen LogP contribution in [-0.4, -0.2) is 36.3 Å². The molecule has 0 bridgehead atoms. The smallest absolute Gasteiger partial charge is 0.171 e. The predicted molar refractivity (Wildman–Crippen MR) is 117 cm³/mol. The van der Waals surface area contributed by atoms with E-state index in [2.05, 4.69) is 78.9 Å². The molecule has 1 fully saturated rings. The van der Waals surface area contributed by atoms with Crippen molar-refractivity contribution in [3.8, 4) is 5.75 Å². The maximum Gasteiger partial charge on any atom is 0.171 e. The number of nitrogens with zero attached hydrogens (tertiary/aromatic N) is 1. The van der Waals surface area contributed by atoms with E-state index in [1.54, 1.807) is 0 Å². The standard InChI is InChI=1S/C22H29N3OS/c1-16-4-9-21(17(2)14-16)24-22(27)23-15-18-5-7-19(8-6-18)26-20-10-12-25(3)13-11-20/h4-9,14,20H,10-13,15H2,1-3H3,(H2,23,24,27). The number of ether oxygens (including phenoxy) is 1. The van der Waals surface area contributed by atoms with Gasteiger partial charge in [-0.25, -0.2) is 0 Å². The summed E-state index contributed by atoms with van der Waals surface area (Å²) in [5.41, 5.74) is 4.66. The van der Waals surface area contributed by atoms with E-state index in [9.17, 15) is 0 Å². The molecule has 1 aliphatic heterocycles. The highest BCUT2D eigenvalue weighted by Gasteiger charge is 2.17. The van der Waals surface area contributed by atoms with Crippen molar-refractivity contribution in [1.29, 1.82) is 0 Å². The second-order valence-electron chi connectivity index (χ2n) is 7.39. The van der Waals surface area contributed by atoms with Gasteiger partial charge in [-0.15, -0.1) is 0 Å². The molecule has 0 atom stereocenters. The molecule has 1 heterocycles. The number of likely N-dealkylation sites (tertiary alicyclic amines) is 1. The van der Waals surface area contributed by atoms with Gasteiger partial charge in [-0.1, -0.05) is 29.8 Å². The second kappa shape index (κ2) is 9.20. The Labute approximate surface area is 167 Å². The van der Waals surface area contributed by atoms with E-state index in [4.69, 9.17) is 17.0 Å². The maximum absolute atomic E-state index is 6.10. The molecule has 2 N–H and O–H groups in total. The summed E-state index contributed by atoms with van der Waals surface area (Å²) in [6.45, 7) is 7.08. The first-order valence-corrected chi connectivity index (χ1v) is 9.96. The van der Waals surface area contributed by atoms with Gasteiger partial charge in [-0.2, -0.15) is 0 Å². The van der Waals surface area contributed by atoms with Crippen molar-refractivity contribution in [2.45, 2.75) is 39.3 Å². The minimum Gasteiger partial charge on any atom is -0.490 e. The van der Waals surface area contributed by atoms with Crippen molar-refractivity contribution < 1.29 is 4.74 Å². The molecule has 0 radical (unpaired) electrons. The molecule has 2 aromatic carbocycles. The first-order valence-electron chi connectivity index (χ1n) is 9.56. The SMILES string of the molecule is Cc1ccc(NC(=S)NCc2ccc(OC3CCN(C)CC3)cc2)c(C)c1. The van der Waals surface area contributed by atoms with Gasteiger partial charge in [0.15, 0.2) is 5.11 Å². The van der Waals surface area contributed by atoms with Crippen LogP contribution in [0.25, 0.3) is 0 Å². The molecule has 1 aliphatic rings. The summed E-state index contributed by atoms with van der Waals surface area (Å²) in [5.74, 6) is 0.948. The van der Waals surface area contributed by atoms with Crippen LogP contribution in [0.15, 0.2) is 42.5 Å². The lowest BCUT2D eigenvalue weighted by Gasteiger charge is -2.29. The van der Waals surface area contributed by atoms with E-state index in [1.165, 1.54) is 16.7 Å². The van der Waals surface area contributed by atoms with Crippen LogP contribution in [-0.2, 0) is 6.54 Å². The Morgan fingerprint density at radius 2 is 1.81 bits per heavy atom. The highest BCUT2D eigenvalue weighted by atomic mass is 32.1. The second-order valence-corrected chi connectivity index (χ2v) is 7.80. The lowest BCUT2D eigenvalue weighted by atomic mass is 10.1. The average molecular weight is 384 g/mol. The Bertz CT molecular complexity index is 768. The predicted octanol–water partition coefficient (Wildman–Crippen LogP) is 4.26. The van der Waals surface area contributed by atoms with E-state index >= 15 is 0 Å². The average Bonchev–Trinajstić information content (AvgIpc) is 2.65. The Kier molecular flexibility index (Phi) is 6.69. The zero-order valence-electron chi connectivity index (χ0n) is 16.4. The van der Waals surface area contributed by atoms with E-state index in [0.29, 0.717) is 17.8 Å². The quantitative estimate of drug-likeness (QED) is 0.755. The van der Waals surface area contributed by atoms with Gasteiger partial charge in [-0.3, -0.25) is 0 Å². The highest BCUT2D eigenvalue weighted by Crippen LogP contribution is 2.19. The fraction of sp³-hybridized carbons (Fsp3) is 0.409. The number of anilines is 1. The van der Waals surface area contributed by atoms with Crippen molar-refractivity contribution in [2.75, 3.05) is 25.5 Å². The zero-order valence-corrected chi connectivity index (χ0v) is 17.2. The van der Waals surface area contributed by atoms with E-state index < -0.39 is 0 Å². The van der Waals surface area contributed by atoms with E-state index in [-0.39, 0.29) is 0 Å². The molecule has 0 aromatic heterocycles. The van der Waals surface area contributed by atoms with Crippen LogP contribution < -0.4 is 15.4 Å². The van der Waals surface area contributed by atoms with Crippen LogP contribution >= 0.6 is 12.2 Å². The minimum atomic E-state index is 0.333. The summed E-state index contributed by atoms with van der Waals surface area (Å²) in [7, 11) is 2.16. The molecule has 0 aliphatic carbocycles. The molecule has 4 nitrogen and oxygen atoms in total. The van der Waals surface area contributed by atoms with Crippen molar-refractivity contribution in [1.82, 2.24) is 10.2 Å². The summed E-state index contributed by atoms with van der Waals surface area (Å²) >= 11 is 5.42. The van der Waals surface area contributed by atoms with Crippen LogP contribution in [0.5, 0.6) is 5.75 Å². The molecule has 1 saturated heterocycles. The number of nitrogens with one attached hydrogen (secondary N) is 2. The Balaban J connectivity index is 1.46. The highest BCUT2D eigenvalue weighted by molar-refractivity contribution is 7.80. The fourth-order valence-corrected chi connectivity index (χ4v) is 3.47. The van der Waals surface area contributed by atoms with Gasteiger partial charge < -0.3 is 20.3 Å². The number of hydrogen-bond acceptors (Lipinski definition) is 3. The van der Waals surface area contributed by atoms with Gasteiger partial charge in [0.05, 0.1) is 0 Å². The van der Waals surface area contributed by atoms with Gasteiger partial charge in [0.2, 0.25) is 0 Å². The number of piperidine rings is 1. The Morgan fingerprint density at radius 3 is 2.48 bits per heavy atom. The van der Waals surface area contributed by atoms with Crippen LogP contribution in [0.1, 0.15) is 29.5 Å². The number of benzene rings is 2. The molecule has 27 heavy (non-hydrogen) atoms. The molecule has 144 valence electrons. The molecular weight excluding hydrogens is 354 g/mol. The largest absolute Gasteiger partial charge is 0.490 e. The van der Waals surface area contributed by atoms with Gasteiger partial charge in [0.1, 0.15) is 11.9 Å². The van der Waals surface area contributed by atoms with Gasteiger partial charge in [0, 0.05) is 25.3 Å². The normalized spacial score (nSPS) is 15.4. The van der Waals surface area contributed by atoms with Crippen molar-refractivity contribution >= 4 is 23.0 Å². The fourth-order valence-electron chi connectivity index (χ4n) is 3.28.